The molecule has 0 aromatic carbocycles. The van der Waals surface area contributed by atoms with Gasteiger partial charge in [-0.15, -0.1) is 11.3 Å². The van der Waals surface area contributed by atoms with Gasteiger partial charge in [0.2, 0.25) is 11.9 Å². The maximum Gasteiger partial charge on any atom is 0.275 e. The van der Waals surface area contributed by atoms with Gasteiger partial charge in [-0.05, 0) is 17.4 Å². The molecule has 28 heavy (non-hydrogen) atoms. The number of aromatic nitrogens is 5. The van der Waals surface area contributed by atoms with Gasteiger partial charge in [-0.3, -0.25) is 20.0 Å². The molecule has 2 amide bonds. The minimum Gasteiger partial charge on any atom is -0.369 e. The number of fused-ring (bicyclic) bond motifs is 3. The third-order valence-corrected chi connectivity index (χ3v) is 5.34. The van der Waals surface area contributed by atoms with Crippen molar-refractivity contribution in [1.82, 2.24) is 25.1 Å². The Bertz CT molecular complexity index is 1100. The molecule has 11 heteroatoms. The number of amides is 2. The minimum atomic E-state index is -0.479. The fraction of sp³-hybridized carbons (Fsp3) is 0.294. The number of nitrogen functional groups attached to an aromatic ring is 1. The number of nitrogens with zero attached hydrogens (tertiary/aromatic N) is 4. The summed E-state index contributed by atoms with van der Waals surface area (Å²) in [6.07, 6.45) is 2.37. The number of aromatic amines is 1. The van der Waals surface area contributed by atoms with Gasteiger partial charge < -0.3 is 11.5 Å². The van der Waals surface area contributed by atoms with E-state index in [1.807, 2.05) is 13.8 Å². The molecule has 1 aliphatic rings. The Morgan fingerprint density at radius 2 is 2.11 bits per heavy atom. The average Bonchev–Trinajstić information content (AvgIpc) is 3.22. The molecule has 0 aliphatic heterocycles. The van der Waals surface area contributed by atoms with E-state index in [0.717, 1.165) is 11.1 Å². The van der Waals surface area contributed by atoms with Crippen LogP contribution >= 0.6 is 11.3 Å². The van der Waals surface area contributed by atoms with E-state index in [9.17, 15) is 9.59 Å². The summed E-state index contributed by atoms with van der Waals surface area (Å²) < 4.78 is 0. The molecular weight excluding hydrogens is 380 g/mol. The number of carbonyl (C=O) groups excluding carboxylic acids is 2. The number of primary amides is 1. The Morgan fingerprint density at radius 3 is 2.86 bits per heavy atom. The summed E-state index contributed by atoms with van der Waals surface area (Å²) in [5.41, 5.74) is 14.3. The van der Waals surface area contributed by atoms with Crippen LogP contribution in [0.3, 0.4) is 0 Å². The molecule has 0 saturated carbocycles. The first kappa shape index (κ1) is 18.0. The van der Waals surface area contributed by atoms with Gasteiger partial charge in [0.05, 0.1) is 17.8 Å². The lowest BCUT2D eigenvalue weighted by Gasteiger charge is -2.30. The van der Waals surface area contributed by atoms with Gasteiger partial charge in [0.1, 0.15) is 11.4 Å². The van der Waals surface area contributed by atoms with Crippen LogP contribution in [-0.4, -0.2) is 37.0 Å². The molecule has 1 aliphatic carbocycles. The topological polar surface area (TPSA) is 166 Å². The zero-order valence-electron chi connectivity index (χ0n) is 15.2. The second kappa shape index (κ2) is 6.37. The van der Waals surface area contributed by atoms with Crippen molar-refractivity contribution in [3.63, 3.8) is 0 Å². The summed E-state index contributed by atoms with van der Waals surface area (Å²) >= 11 is 1.22. The zero-order chi connectivity index (χ0) is 20.1. The third kappa shape index (κ3) is 3.09. The molecule has 6 N–H and O–H groups in total. The molecule has 10 nitrogen and oxygen atoms in total. The van der Waals surface area contributed by atoms with Gasteiger partial charge >= 0.3 is 0 Å². The van der Waals surface area contributed by atoms with Crippen LogP contribution in [0.1, 0.15) is 41.2 Å². The van der Waals surface area contributed by atoms with Crippen LogP contribution in [0.4, 0.5) is 11.1 Å². The number of nitrogens with two attached hydrogens (primary N) is 2. The van der Waals surface area contributed by atoms with Crippen LogP contribution in [0, 0.1) is 0 Å². The average molecular weight is 398 g/mol. The molecule has 0 radical (unpaired) electrons. The molecule has 3 aromatic rings. The Balaban J connectivity index is 1.68. The van der Waals surface area contributed by atoms with Gasteiger partial charge in [-0.1, -0.05) is 13.8 Å². The molecule has 3 aromatic heterocycles. The molecule has 4 rings (SSSR count). The first-order valence-corrected chi connectivity index (χ1v) is 9.37. The highest BCUT2D eigenvalue weighted by atomic mass is 32.1. The second-order valence-electron chi connectivity index (χ2n) is 7.23. The van der Waals surface area contributed by atoms with Gasteiger partial charge in [-0.2, -0.15) is 5.10 Å². The van der Waals surface area contributed by atoms with E-state index in [2.05, 4.69) is 30.5 Å². The number of nitrogens with one attached hydrogen (secondary N) is 2. The van der Waals surface area contributed by atoms with Crippen molar-refractivity contribution in [3.05, 3.63) is 34.1 Å². The highest BCUT2D eigenvalue weighted by Crippen LogP contribution is 2.42. The van der Waals surface area contributed by atoms with E-state index >= 15 is 0 Å². The first-order chi connectivity index (χ1) is 13.2. The number of anilines is 2. The Kier molecular flexibility index (Phi) is 4.11. The van der Waals surface area contributed by atoms with Gasteiger partial charge in [0, 0.05) is 17.1 Å². The Morgan fingerprint density at radius 1 is 1.32 bits per heavy atom. The number of hydrogen-bond donors (Lipinski definition) is 4. The smallest absolute Gasteiger partial charge is 0.275 e. The summed E-state index contributed by atoms with van der Waals surface area (Å²) in [5.74, 6) is -0.692. The number of hydrogen-bond acceptors (Lipinski definition) is 8. The molecule has 0 fully saturated rings. The van der Waals surface area contributed by atoms with Crippen LogP contribution in [0.5, 0.6) is 0 Å². The standard InChI is InChI=1S/C17H18N8O2S/c1-17(2)4-7-5-20-15(19)22-11(7)12-10(17)13(25-24-12)14(27)23-16-21-8(6-28-16)3-9(18)26/h5-6H,3-4H2,1-2H3,(H2,18,26)(H,24,25)(H2,19,20,22)(H,21,23,27). The van der Waals surface area contributed by atoms with Crippen LogP contribution in [0.25, 0.3) is 11.4 Å². The molecule has 3 heterocycles. The molecule has 144 valence electrons. The largest absolute Gasteiger partial charge is 0.369 e. The van der Waals surface area contributed by atoms with E-state index in [0.29, 0.717) is 34.3 Å². The van der Waals surface area contributed by atoms with Gasteiger partial charge in [0.15, 0.2) is 5.13 Å². The van der Waals surface area contributed by atoms with Crippen molar-refractivity contribution in [2.75, 3.05) is 11.1 Å². The van der Waals surface area contributed by atoms with Crippen LogP contribution in [0.15, 0.2) is 11.6 Å². The predicted octanol–water partition coefficient (Wildman–Crippen LogP) is 1.02. The van der Waals surface area contributed by atoms with Crippen LogP contribution in [-0.2, 0) is 23.1 Å². The monoisotopic (exact) mass is 398 g/mol. The molecule has 0 spiro atoms. The Hall–Kier alpha value is -3.34. The Labute approximate surface area is 163 Å². The molecule has 0 unspecified atom stereocenters. The number of rotatable bonds is 4. The third-order valence-electron chi connectivity index (χ3n) is 4.54. The normalized spacial score (nSPS) is 14.2. The highest BCUT2D eigenvalue weighted by Gasteiger charge is 2.38. The lowest BCUT2D eigenvalue weighted by Crippen LogP contribution is -2.29. The summed E-state index contributed by atoms with van der Waals surface area (Å²) in [4.78, 5) is 36.5. The fourth-order valence-electron chi connectivity index (χ4n) is 3.44. The molecule has 0 saturated heterocycles. The van der Waals surface area contributed by atoms with E-state index in [1.165, 1.54) is 11.3 Å². The second-order valence-corrected chi connectivity index (χ2v) is 8.08. The van der Waals surface area contributed by atoms with E-state index < -0.39 is 5.91 Å². The molecule has 0 atom stereocenters. The SMILES string of the molecule is CC1(C)Cc2cnc(N)nc2-c2n[nH]c(C(=O)Nc3nc(CC(N)=O)cs3)c21. The van der Waals surface area contributed by atoms with E-state index in [-0.39, 0.29) is 23.7 Å². The fourth-order valence-corrected chi connectivity index (χ4v) is 4.14. The highest BCUT2D eigenvalue weighted by molar-refractivity contribution is 7.14. The summed E-state index contributed by atoms with van der Waals surface area (Å²) in [6, 6.07) is 0. The van der Waals surface area contributed by atoms with Crippen LogP contribution in [0.2, 0.25) is 0 Å². The van der Waals surface area contributed by atoms with Crippen molar-refractivity contribution >= 4 is 34.2 Å². The van der Waals surface area contributed by atoms with Gasteiger partial charge in [0.25, 0.3) is 5.91 Å². The maximum atomic E-state index is 12.9. The van der Waals surface area contributed by atoms with Gasteiger partial charge in [-0.25, -0.2) is 15.0 Å². The van der Waals surface area contributed by atoms with Crippen molar-refractivity contribution < 1.29 is 9.59 Å². The van der Waals surface area contributed by atoms with E-state index in [1.54, 1.807) is 11.6 Å². The first-order valence-electron chi connectivity index (χ1n) is 8.49. The van der Waals surface area contributed by atoms with Crippen LogP contribution < -0.4 is 16.8 Å². The van der Waals surface area contributed by atoms with Crippen molar-refractivity contribution in [3.8, 4) is 11.4 Å². The van der Waals surface area contributed by atoms with E-state index in [4.69, 9.17) is 11.5 Å². The lowest BCUT2D eigenvalue weighted by atomic mass is 9.73. The van der Waals surface area contributed by atoms with Crippen molar-refractivity contribution in [1.29, 1.82) is 0 Å². The molecular formula is C17H18N8O2S. The summed E-state index contributed by atoms with van der Waals surface area (Å²) in [5, 5.41) is 12.0. The van der Waals surface area contributed by atoms with Crippen molar-refractivity contribution in [2.24, 2.45) is 5.73 Å². The predicted molar refractivity (Wildman–Crippen MR) is 104 cm³/mol. The summed E-state index contributed by atoms with van der Waals surface area (Å²) in [6.45, 7) is 4.07. The van der Waals surface area contributed by atoms with Crippen molar-refractivity contribution in [2.45, 2.75) is 32.1 Å². The number of H-pyrrole nitrogens is 1. The molecule has 0 bridgehead atoms. The quantitative estimate of drug-likeness (QED) is 0.509. The minimum absolute atomic E-state index is 0.0246. The maximum absolute atomic E-state index is 12.9. The number of carbonyl (C=O) groups is 2. The summed E-state index contributed by atoms with van der Waals surface area (Å²) in [7, 11) is 0. The zero-order valence-corrected chi connectivity index (χ0v) is 16.1. The lowest BCUT2D eigenvalue weighted by molar-refractivity contribution is -0.117. The number of thiazole rings is 1.